The molecule has 1 aliphatic heterocycles. The summed E-state index contributed by atoms with van der Waals surface area (Å²) >= 11 is 5.47. The van der Waals surface area contributed by atoms with E-state index in [0.717, 1.165) is 0 Å². The maximum atomic E-state index is 11.5. The van der Waals surface area contributed by atoms with Gasteiger partial charge >= 0.3 is 6.09 Å². The first kappa shape index (κ1) is 12.3. The average Bonchev–Trinajstić information content (AvgIpc) is 2.70. The first-order valence-electron chi connectivity index (χ1n) is 4.60. The topological polar surface area (TPSA) is 55.8 Å². The van der Waals surface area contributed by atoms with Crippen molar-refractivity contribution in [1.29, 1.82) is 0 Å². The molecule has 15 heavy (non-hydrogen) atoms. The molecule has 2 atom stereocenters. The Bertz CT molecular complexity index is 234. The molecule has 6 heteroatoms. The quantitative estimate of drug-likeness (QED) is 0.674. The summed E-state index contributed by atoms with van der Waals surface area (Å²) in [5.74, 6) is -0.282. The number of carbonyl (C=O) groups excluding carboxylic acids is 2. The van der Waals surface area contributed by atoms with Gasteiger partial charge in [0.1, 0.15) is 0 Å². The van der Waals surface area contributed by atoms with Gasteiger partial charge in [-0.1, -0.05) is 0 Å². The molecule has 0 aliphatic carbocycles. The van der Waals surface area contributed by atoms with E-state index in [-0.39, 0.29) is 17.8 Å². The predicted octanol–water partition coefficient (Wildman–Crippen LogP) is 0.650. The van der Waals surface area contributed by atoms with Gasteiger partial charge in [-0.15, -0.1) is 11.6 Å². The maximum Gasteiger partial charge on any atom is 0.410 e. The summed E-state index contributed by atoms with van der Waals surface area (Å²) < 4.78 is 9.70. The fourth-order valence-electron chi connectivity index (χ4n) is 1.68. The predicted molar refractivity (Wildman–Crippen MR) is 54.0 cm³/mol. The smallest absolute Gasteiger partial charge is 0.410 e. The summed E-state index contributed by atoms with van der Waals surface area (Å²) in [7, 11) is 2.83. The van der Waals surface area contributed by atoms with Crippen LogP contribution >= 0.6 is 11.6 Å². The first-order valence-corrected chi connectivity index (χ1v) is 5.13. The molecule has 1 aliphatic rings. The first-order chi connectivity index (χ1) is 7.13. The molecule has 0 N–H and O–H groups in total. The van der Waals surface area contributed by atoms with Crippen LogP contribution in [0.2, 0.25) is 0 Å². The molecular formula is C9H14ClNO4. The number of alkyl halides is 1. The van der Waals surface area contributed by atoms with Crippen molar-refractivity contribution in [3.8, 4) is 0 Å². The SMILES string of the molecule is COC(=O)N1CC(OC)CC1C(=O)CCl. The standard InChI is InChI=1S/C9H14ClNO4/c1-14-6-3-7(8(12)4-10)11(5-6)9(13)15-2/h6-7H,3-5H2,1-2H3. The molecule has 2 unspecified atom stereocenters. The number of methoxy groups -OCH3 is 2. The van der Waals surface area contributed by atoms with Crippen LogP contribution in [0.5, 0.6) is 0 Å². The second kappa shape index (κ2) is 5.32. The Morgan fingerprint density at radius 3 is 2.60 bits per heavy atom. The second-order valence-corrected chi connectivity index (χ2v) is 3.60. The molecule has 0 aromatic carbocycles. The molecule has 1 amide bonds. The van der Waals surface area contributed by atoms with Crippen molar-refractivity contribution in [1.82, 2.24) is 4.90 Å². The highest BCUT2D eigenvalue weighted by Gasteiger charge is 2.39. The number of carbonyl (C=O) groups is 2. The molecule has 86 valence electrons. The van der Waals surface area contributed by atoms with Crippen LogP contribution in [0.25, 0.3) is 0 Å². The third-order valence-corrected chi connectivity index (χ3v) is 2.77. The van der Waals surface area contributed by atoms with E-state index in [4.69, 9.17) is 16.3 Å². The third-order valence-electron chi connectivity index (χ3n) is 2.51. The van der Waals surface area contributed by atoms with E-state index < -0.39 is 12.1 Å². The minimum atomic E-state index is -0.516. The molecule has 0 saturated carbocycles. The van der Waals surface area contributed by atoms with Gasteiger partial charge in [0.25, 0.3) is 0 Å². The Kier molecular flexibility index (Phi) is 4.35. The lowest BCUT2D eigenvalue weighted by atomic mass is 10.1. The number of amides is 1. The Labute approximate surface area is 93.3 Å². The number of hydrogen-bond donors (Lipinski definition) is 0. The van der Waals surface area contributed by atoms with Gasteiger partial charge in [-0.05, 0) is 0 Å². The second-order valence-electron chi connectivity index (χ2n) is 3.33. The molecule has 0 radical (unpaired) electrons. The van der Waals surface area contributed by atoms with Gasteiger partial charge in [0.05, 0.1) is 31.7 Å². The number of ketones is 1. The van der Waals surface area contributed by atoms with Crippen molar-refractivity contribution < 1.29 is 19.1 Å². The van der Waals surface area contributed by atoms with E-state index in [2.05, 4.69) is 4.74 Å². The molecule has 1 rings (SSSR count). The minimum absolute atomic E-state index is 0.103. The highest BCUT2D eigenvalue weighted by molar-refractivity contribution is 6.28. The fraction of sp³-hybridized carbons (Fsp3) is 0.778. The van der Waals surface area contributed by atoms with Crippen LogP contribution in [-0.2, 0) is 14.3 Å². The van der Waals surface area contributed by atoms with Crippen molar-refractivity contribution >= 4 is 23.5 Å². The Hall–Kier alpha value is -0.810. The normalized spacial score (nSPS) is 25.4. The van der Waals surface area contributed by atoms with Gasteiger partial charge in [-0.25, -0.2) is 4.79 Å². The fourth-order valence-corrected chi connectivity index (χ4v) is 1.86. The van der Waals surface area contributed by atoms with Gasteiger partial charge in [0, 0.05) is 13.5 Å². The molecule has 1 heterocycles. The highest BCUT2D eigenvalue weighted by atomic mass is 35.5. The van der Waals surface area contributed by atoms with Crippen molar-refractivity contribution in [3.05, 3.63) is 0 Å². The number of halogens is 1. The van der Waals surface area contributed by atoms with E-state index in [9.17, 15) is 9.59 Å². The molecule has 1 fully saturated rings. The lowest BCUT2D eigenvalue weighted by molar-refractivity contribution is -0.120. The molecule has 0 aromatic heterocycles. The van der Waals surface area contributed by atoms with Crippen LogP contribution in [0.15, 0.2) is 0 Å². The number of ether oxygens (including phenoxy) is 2. The molecule has 0 aromatic rings. The van der Waals surface area contributed by atoms with Gasteiger partial charge in [-0.2, -0.15) is 0 Å². The average molecular weight is 236 g/mol. The van der Waals surface area contributed by atoms with Crippen LogP contribution < -0.4 is 0 Å². The van der Waals surface area contributed by atoms with Crippen LogP contribution in [0.4, 0.5) is 4.79 Å². The molecule has 5 nitrogen and oxygen atoms in total. The summed E-state index contributed by atoms with van der Waals surface area (Å²) in [5, 5.41) is 0. The van der Waals surface area contributed by atoms with E-state index in [1.54, 1.807) is 7.11 Å². The van der Waals surface area contributed by atoms with Gasteiger partial charge in [-0.3, -0.25) is 9.69 Å². The van der Waals surface area contributed by atoms with E-state index in [0.29, 0.717) is 13.0 Å². The number of likely N-dealkylation sites (tertiary alicyclic amines) is 1. The Morgan fingerprint density at radius 2 is 2.13 bits per heavy atom. The number of nitrogens with zero attached hydrogens (tertiary/aromatic N) is 1. The zero-order valence-electron chi connectivity index (χ0n) is 8.73. The lowest BCUT2D eigenvalue weighted by Gasteiger charge is -2.20. The largest absolute Gasteiger partial charge is 0.453 e. The van der Waals surface area contributed by atoms with E-state index in [1.807, 2.05) is 0 Å². The molecule has 1 saturated heterocycles. The molecular weight excluding hydrogens is 222 g/mol. The number of rotatable bonds is 3. The summed E-state index contributed by atoms with van der Waals surface area (Å²) in [6.07, 6.45) is -0.156. The number of hydrogen-bond acceptors (Lipinski definition) is 4. The monoisotopic (exact) mass is 235 g/mol. The Morgan fingerprint density at radius 1 is 1.47 bits per heavy atom. The zero-order valence-corrected chi connectivity index (χ0v) is 9.49. The summed E-state index contributed by atoms with van der Waals surface area (Å²) in [6, 6.07) is -0.514. The number of Topliss-reactive ketones (excluding diaryl/α,β-unsaturated/α-hetero) is 1. The van der Waals surface area contributed by atoms with Gasteiger partial charge in [0.2, 0.25) is 0 Å². The van der Waals surface area contributed by atoms with Crippen LogP contribution in [0, 0.1) is 0 Å². The van der Waals surface area contributed by atoms with Crippen LogP contribution in [0.1, 0.15) is 6.42 Å². The van der Waals surface area contributed by atoms with Crippen LogP contribution in [-0.4, -0.2) is 55.6 Å². The molecule has 0 spiro atoms. The zero-order chi connectivity index (χ0) is 11.4. The summed E-state index contributed by atoms with van der Waals surface area (Å²) in [5.41, 5.74) is 0. The maximum absolute atomic E-state index is 11.5. The minimum Gasteiger partial charge on any atom is -0.453 e. The third kappa shape index (κ3) is 2.60. The van der Waals surface area contributed by atoms with E-state index >= 15 is 0 Å². The van der Waals surface area contributed by atoms with Crippen molar-refractivity contribution in [3.63, 3.8) is 0 Å². The van der Waals surface area contributed by atoms with Crippen LogP contribution in [0.3, 0.4) is 0 Å². The summed E-state index contributed by atoms with van der Waals surface area (Å²) in [6.45, 7) is 0.371. The van der Waals surface area contributed by atoms with Gasteiger partial charge < -0.3 is 9.47 Å². The highest BCUT2D eigenvalue weighted by Crippen LogP contribution is 2.21. The molecule has 0 bridgehead atoms. The van der Waals surface area contributed by atoms with Crippen molar-refractivity contribution in [2.75, 3.05) is 26.6 Å². The van der Waals surface area contributed by atoms with Crippen molar-refractivity contribution in [2.24, 2.45) is 0 Å². The Balaban J connectivity index is 2.73. The lowest BCUT2D eigenvalue weighted by Crippen LogP contribution is -2.41. The van der Waals surface area contributed by atoms with E-state index in [1.165, 1.54) is 12.0 Å². The van der Waals surface area contributed by atoms with Gasteiger partial charge in [0.15, 0.2) is 5.78 Å². The summed E-state index contributed by atoms with van der Waals surface area (Å²) in [4.78, 5) is 24.2. The van der Waals surface area contributed by atoms with Crippen molar-refractivity contribution in [2.45, 2.75) is 18.6 Å².